The number of ether oxygens (including phenoxy) is 4. The molecule has 2 rings (SSSR count). The summed E-state index contributed by atoms with van der Waals surface area (Å²) >= 11 is 0. The number of amides is 1. The minimum atomic E-state index is -1.80. The highest BCUT2D eigenvalue weighted by Crippen LogP contribution is 2.30. The second kappa shape index (κ2) is 61.9. The van der Waals surface area contributed by atoms with E-state index >= 15 is 0 Å². The van der Waals surface area contributed by atoms with Crippen molar-refractivity contribution in [3.8, 4) is 0 Å². The maximum Gasteiger partial charge on any atom is 0.220 e. The molecule has 2 aliphatic heterocycles. The highest BCUT2D eigenvalue weighted by Gasteiger charge is 2.51. The van der Waals surface area contributed by atoms with Crippen LogP contribution in [0.25, 0.3) is 0 Å². The molecule has 14 nitrogen and oxygen atoms in total. The van der Waals surface area contributed by atoms with Gasteiger partial charge in [-0.25, -0.2) is 0 Å². The third kappa shape index (κ3) is 45.5. The Balaban J connectivity index is 1.65. The molecule has 9 N–H and O–H groups in total. The van der Waals surface area contributed by atoms with Gasteiger partial charge < -0.3 is 65.1 Å². The molecule has 14 heteroatoms. The van der Waals surface area contributed by atoms with Gasteiger partial charge in [-0.3, -0.25) is 4.79 Å². The predicted octanol–water partition coefficient (Wildman–Crippen LogP) is 16.1. The first-order chi connectivity index (χ1) is 45.6. The lowest BCUT2D eigenvalue weighted by Crippen LogP contribution is -2.65. The number of nitrogens with one attached hydrogen (secondary N) is 1. The standard InChI is InChI=1S/C79H135NO13/c1-3-5-7-9-11-13-15-17-19-21-23-25-27-28-29-30-31-32-33-34-35-36-37-38-39-40-41-43-45-47-49-51-53-55-57-59-61-63-71(84)80-67(66-90-78-76(89)74(87)77(70(65-82)92-78)93-79-75(88)73(86)72(85)69(64-81)91-79)68(83)62-60-58-56-54-52-50-48-46-44-42-26-24-22-20-18-16-14-12-10-8-6-4-2/h5,7,11,13,17,19,23,25,28-29,31-32,34-35,44,46,52,54,60,62,67-70,72-79,81-83,85-89H,3-4,6,8-10,12,14-16,18,20-22,24,26-27,30,33,36-43,45,47-51,53,55-59,61,63-66H2,1-2H3,(H,80,84)/b7-5-,13-11-,19-17-,25-23-,29-28-,32-31-,35-34-,46-44+,54-52+,62-60+. The van der Waals surface area contributed by atoms with E-state index in [2.05, 4.69) is 129 Å². The summed E-state index contributed by atoms with van der Waals surface area (Å²) in [5.41, 5.74) is 0. The van der Waals surface area contributed by atoms with E-state index in [1.165, 1.54) is 154 Å². The Hall–Kier alpha value is -3.61. The normalized spacial score (nSPS) is 23.3. The van der Waals surface area contributed by atoms with Gasteiger partial charge in [-0.05, 0) is 103 Å². The summed E-state index contributed by atoms with van der Waals surface area (Å²) in [6.07, 6.45) is 74.0. The maximum absolute atomic E-state index is 13.3. The molecule has 0 aliphatic carbocycles. The summed E-state index contributed by atoms with van der Waals surface area (Å²) < 4.78 is 22.8. The lowest BCUT2D eigenvalue weighted by atomic mass is 9.97. The molecule has 0 bridgehead atoms. The molecule has 1 amide bonds. The molecule has 0 aromatic rings. The minimum absolute atomic E-state index is 0.256. The monoisotopic (exact) mass is 1310 g/mol. The van der Waals surface area contributed by atoms with Gasteiger partial charge in [0.2, 0.25) is 5.91 Å². The number of carbonyl (C=O) groups is 1. The first-order valence-electron chi connectivity index (χ1n) is 37.3. The fourth-order valence-electron chi connectivity index (χ4n) is 11.5. The number of hydrogen-bond acceptors (Lipinski definition) is 13. The average Bonchev–Trinajstić information content (AvgIpc) is 0.852. The molecule has 0 spiro atoms. The van der Waals surface area contributed by atoms with Gasteiger partial charge in [-0.15, -0.1) is 0 Å². The lowest BCUT2D eigenvalue weighted by Gasteiger charge is -2.46. The fraction of sp³-hybridized carbons (Fsp3) is 0.734. The molecule has 0 saturated carbocycles. The van der Waals surface area contributed by atoms with Gasteiger partial charge >= 0.3 is 0 Å². The zero-order chi connectivity index (χ0) is 67.3. The van der Waals surface area contributed by atoms with E-state index in [0.29, 0.717) is 12.8 Å². The molecule has 0 aromatic carbocycles. The zero-order valence-corrected chi connectivity index (χ0v) is 58.2. The van der Waals surface area contributed by atoms with E-state index in [1.807, 2.05) is 6.08 Å². The second-order valence-electron chi connectivity index (χ2n) is 25.7. The van der Waals surface area contributed by atoms with Crippen LogP contribution >= 0.6 is 0 Å². The Bertz CT molecular complexity index is 2030. The van der Waals surface area contributed by atoms with Crippen LogP contribution in [-0.2, 0) is 23.7 Å². The van der Waals surface area contributed by atoms with Gasteiger partial charge in [-0.1, -0.05) is 289 Å². The topological polar surface area (TPSA) is 228 Å². The van der Waals surface area contributed by atoms with Crippen molar-refractivity contribution in [1.82, 2.24) is 5.32 Å². The number of aliphatic hydroxyl groups excluding tert-OH is 8. The van der Waals surface area contributed by atoms with Crippen LogP contribution in [0.5, 0.6) is 0 Å². The van der Waals surface area contributed by atoms with Gasteiger partial charge in [0.25, 0.3) is 0 Å². The van der Waals surface area contributed by atoms with Crippen molar-refractivity contribution < 1.29 is 64.6 Å². The summed E-state index contributed by atoms with van der Waals surface area (Å²) in [5.74, 6) is -0.256. The SMILES string of the molecule is CC/C=C\C/C=C\C/C=C\C/C=C\C/C=C\C/C=C\C/C=C\CCCCCCCCCCCCCCCCCC(=O)NC(COC1OC(CO)C(OC2OC(CO)C(O)C(O)C2O)C(O)C1O)C(O)/C=C/CC/C=C/CC/C=C/CCCCCCCCCCCCCC. The largest absolute Gasteiger partial charge is 0.394 e. The van der Waals surface area contributed by atoms with Crippen LogP contribution in [0.4, 0.5) is 0 Å². The summed E-state index contributed by atoms with van der Waals surface area (Å²) in [7, 11) is 0. The summed E-state index contributed by atoms with van der Waals surface area (Å²) in [6.45, 7) is 2.68. The lowest BCUT2D eigenvalue weighted by molar-refractivity contribution is -0.359. The number of allylic oxidation sites excluding steroid dienone is 19. The molecular weight excluding hydrogens is 1170 g/mol. The van der Waals surface area contributed by atoms with Crippen molar-refractivity contribution in [2.45, 2.75) is 351 Å². The summed E-state index contributed by atoms with van der Waals surface area (Å²) in [5, 5.41) is 87.5. The maximum atomic E-state index is 13.3. The number of rotatable bonds is 60. The molecule has 2 saturated heterocycles. The van der Waals surface area contributed by atoms with E-state index in [1.54, 1.807) is 6.08 Å². The van der Waals surface area contributed by atoms with E-state index < -0.39 is 86.8 Å². The molecule has 2 fully saturated rings. The second-order valence-corrected chi connectivity index (χ2v) is 25.7. The van der Waals surface area contributed by atoms with Crippen LogP contribution in [0.15, 0.2) is 122 Å². The molecule has 0 radical (unpaired) electrons. The van der Waals surface area contributed by atoms with E-state index in [9.17, 15) is 45.6 Å². The van der Waals surface area contributed by atoms with Gasteiger partial charge in [-0.2, -0.15) is 0 Å². The predicted molar refractivity (Wildman–Crippen MR) is 382 cm³/mol. The Morgan fingerprint density at radius 2 is 0.753 bits per heavy atom. The molecule has 2 heterocycles. The molecule has 534 valence electrons. The zero-order valence-electron chi connectivity index (χ0n) is 58.2. The van der Waals surface area contributed by atoms with Crippen LogP contribution in [-0.4, -0.2) is 140 Å². The third-order valence-corrected chi connectivity index (χ3v) is 17.4. The first-order valence-corrected chi connectivity index (χ1v) is 37.3. The fourth-order valence-corrected chi connectivity index (χ4v) is 11.5. The molecule has 12 atom stereocenters. The Kier molecular flexibility index (Phi) is 56.9. The van der Waals surface area contributed by atoms with Crippen molar-refractivity contribution in [2.75, 3.05) is 19.8 Å². The van der Waals surface area contributed by atoms with E-state index in [0.717, 1.165) is 89.9 Å². The van der Waals surface area contributed by atoms with Gasteiger partial charge in [0.15, 0.2) is 12.6 Å². The average molecular weight is 1310 g/mol. The number of carbonyl (C=O) groups excluding carboxylic acids is 1. The minimum Gasteiger partial charge on any atom is -0.394 e. The molecule has 93 heavy (non-hydrogen) atoms. The molecular formula is C79H135NO13. The van der Waals surface area contributed by atoms with Crippen LogP contribution in [0.3, 0.4) is 0 Å². The van der Waals surface area contributed by atoms with Crippen LogP contribution in [0.2, 0.25) is 0 Å². The van der Waals surface area contributed by atoms with Crippen molar-refractivity contribution in [2.24, 2.45) is 0 Å². The van der Waals surface area contributed by atoms with Crippen LogP contribution < -0.4 is 5.32 Å². The number of hydrogen-bond donors (Lipinski definition) is 9. The van der Waals surface area contributed by atoms with Gasteiger partial charge in [0, 0.05) is 6.42 Å². The van der Waals surface area contributed by atoms with Crippen molar-refractivity contribution in [3.05, 3.63) is 122 Å². The highest BCUT2D eigenvalue weighted by atomic mass is 16.7. The summed E-state index contributed by atoms with van der Waals surface area (Å²) in [6, 6.07) is -0.946. The first kappa shape index (κ1) is 85.5. The molecule has 12 unspecified atom stereocenters. The third-order valence-electron chi connectivity index (χ3n) is 17.4. The van der Waals surface area contributed by atoms with Gasteiger partial charge in [0.05, 0.1) is 32.0 Å². The van der Waals surface area contributed by atoms with Crippen molar-refractivity contribution >= 4 is 5.91 Å². The number of aliphatic hydroxyl groups is 8. The number of unbranched alkanes of at least 4 members (excludes halogenated alkanes) is 29. The highest BCUT2D eigenvalue weighted by molar-refractivity contribution is 5.76. The Labute approximate surface area is 565 Å². The van der Waals surface area contributed by atoms with Crippen molar-refractivity contribution in [3.63, 3.8) is 0 Å². The Morgan fingerprint density at radius 3 is 1.18 bits per heavy atom. The smallest absolute Gasteiger partial charge is 0.220 e. The summed E-state index contributed by atoms with van der Waals surface area (Å²) in [4.78, 5) is 13.3. The van der Waals surface area contributed by atoms with E-state index in [4.69, 9.17) is 18.9 Å². The Morgan fingerprint density at radius 1 is 0.398 bits per heavy atom. The quantitative estimate of drug-likeness (QED) is 0.0204. The van der Waals surface area contributed by atoms with E-state index in [-0.39, 0.29) is 18.9 Å². The van der Waals surface area contributed by atoms with Crippen LogP contribution in [0.1, 0.15) is 277 Å². The molecule has 2 aliphatic rings. The van der Waals surface area contributed by atoms with Crippen molar-refractivity contribution in [1.29, 1.82) is 0 Å². The molecule has 0 aromatic heterocycles. The van der Waals surface area contributed by atoms with Gasteiger partial charge in [0.1, 0.15) is 48.8 Å². The van der Waals surface area contributed by atoms with Crippen LogP contribution in [0, 0.1) is 0 Å².